The Labute approximate surface area is 125 Å². The average molecular weight is 290 g/mol. The molecule has 2 rings (SSSR count). The van der Waals surface area contributed by atoms with Crippen molar-refractivity contribution in [2.45, 2.75) is 33.6 Å². The minimum atomic E-state index is -0.813. The SMILES string of the molecule is CCC1(C(=O)O)CCN(C(=O)Nc2ccc(C)c(C)c2)C1. The van der Waals surface area contributed by atoms with Gasteiger partial charge in [0, 0.05) is 18.8 Å². The number of hydrogen-bond donors (Lipinski definition) is 2. The number of amides is 2. The fraction of sp³-hybridized carbons (Fsp3) is 0.500. The third-order valence-corrected chi connectivity index (χ3v) is 4.53. The molecule has 2 N–H and O–H groups in total. The number of carboxylic acid groups (broad SMARTS) is 1. The van der Waals surface area contributed by atoms with Gasteiger partial charge in [0.2, 0.25) is 0 Å². The average Bonchev–Trinajstić information content (AvgIpc) is 2.89. The Bertz CT molecular complexity index is 571. The number of nitrogens with one attached hydrogen (secondary N) is 1. The molecule has 0 aliphatic carbocycles. The lowest BCUT2D eigenvalue weighted by Crippen LogP contribution is -2.38. The first-order valence-electron chi connectivity index (χ1n) is 7.24. The number of carbonyl (C=O) groups excluding carboxylic acids is 1. The van der Waals surface area contributed by atoms with Crippen LogP contribution in [0, 0.1) is 19.3 Å². The smallest absolute Gasteiger partial charge is 0.321 e. The molecule has 1 aliphatic rings. The molecule has 0 saturated carbocycles. The number of urea groups is 1. The molecule has 0 aromatic heterocycles. The molecule has 1 fully saturated rings. The van der Waals surface area contributed by atoms with E-state index in [-0.39, 0.29) is 12.6 Å². The van der Waals surface area contributed by atoms with Crippen LogP contribution in [0.4, 0.5) is 10.5 Å². The molecule has 1 aromatic carbocycles. The van der Waals surface area contributed by atoms with Gasteiger partial charge in [0.25, 0.3) is 0 Å². The van der Waals surface area contributed by atoms with Gasteiger partial charge in [-0.1, -0.05) is 13.0 Å². The highest BCUT2D eigenvalue weighted by molar-refractivity contribution is 5.90. The number of rotatable bonds is 3. The number of benzene rings is 1. The molecule has 1 aromatic rings. The molecule has 21 heavy (non-hydrogen) atoms. The third kappa shape index (κ3) is 3.01. The number of aliphatic carboxylic acids is 1. The molecular formula is C16H22N2O3. The zero-order chi connectivity index (χ0) is 15.6. The van der Waals surface area contributed by atoms with E-state index >= 15 is 0 Å². The summed E-state index contributed by atoms with van der Waals surface area (Å²) in [7, 11) is 0. The highest BCUT2D eigenvalue weighted by atomic mass is 16.4. The van der Waals surface area contributed by atoms with Gasteiger partial charge in [0.1, 0.15) is 0 Å². The summed E-state index contributed by atoms with van der Waals surface area (Å²) in [5.41, 5.74) is 2.24. The predicted molar refractivity (Wildman–Crippen MR) is 81.5 cm³/mol. The van der Waals surface area contributed by atoms with E-state index in [1.54, 1.807) is 4.90 Å². The van der Waals surface area contributed by atoms with Crippen LogP contribution < -0.4 is 5.32 Å². The summed E-state index contributed by atoms with van der Waals surface area (Å²) >= 11 is 0. The van der Waals surface area contributed by atoms with E-state index in [4.69, 9.17) is 0 Å². The van der Waals surface area contributed by atoms with Crippen molar-refractivity contribution in [2.24, 2.45) is 5.41 Å². The number of carbonyl (C=O) groups is 2. The maximum Gasteiger partial charge on any atom is 0.321 e. The molecule has 0 spiro atoms. The second kappa shape index (κ2) is 5.76. The standard InChI is InChI=1S/C16H22N2O3/c1-4-16(14(19)20)7-8-18(10-16)15(21)17-13-6-5-11(2)12(3)9-13/h5-6,9H,4,7-8,10H2,1-3H3,(H,17,21)(H,19,20). The first-order valence-corrected chi connectivity index (χ1v) is 7.24. The lowest BCUT2D eigenvalue weighted by atomic mass is 9.84. The maximum absolute atomic E-state index is 12.3. The van der Waals surface area contributed by atoms with Crippen LogP contribution in [0.3, 0.4) is 0 Å². The van der Waals surface area contributed by atoms with Crippen molar-refractivity contribution >= 4 is 17.7 Å². The number of anilines is 1. The molecule has 1 heterocycles. The fourth-order valence-corrected chi connectivity index (χ4v) is 2.68. The Hall–Kier alpha value is -2.04. The number of aryl methyl sites for hydroxylation is 2. The molecule has 0 bridgehead atoms. The molecule has 5 heteroatoms. The van der Waals surface area contributed by atoms with Crippen molar-refractivity contribution in [3.8, 4) is 0 Å². The van der Waals surface area contributed by atoms with Gasteiger partial charge in [0.15, 0.2) is 0 Å². The Morgan fingerprint density at radius 3 is 2.57 bits per heavy atom. The van der Waals surface area contributed by atoms with Gasteiger partial charge in [-0.05, 0) is 49.9 Å². The monoisotopic (exact) mass is 290 g/mol. The molecule has 1 atom stereocenters. The summed E-state index contributed by atoms with van der Waals surface area (Å²) in [6.45, 7) is 6.63. The highest BCUT2D eigenvalue weighted by Gasteiger charge is 2.44. The van der Waals surface area contributed by atoms with Crippen LogP contribution in [0.2, 0.25) is 0 Å². The normalized spacial score (nSPS) is 21.4. The molecule has 1 unspecified atom stereocenters. The van der Waals surface area contributed by atoms with Crippen LogP contribution in [0.25, 0.3) is 0 Å². The summed E-state index contributed by atoms with van der Waals surface area (Å²) in [6, 6.07) is 5.52. The van der Waals surface area contributed by atoms with Crippen LogP contribution >= 0.6 is 0 Å². The summed E-state index contributed by atoms with van der Waals surface area (Å²) in [5, 5.41) is 12.2. The van der Waals surface area contributed by atoms with Crippen molar-refractivity contribution < 1.29 is 14.7 Å². The third-order valence-electron chi connectivity index (χ3n) is 4.53. The molecular weight excluding hydrogens is 268 g/mol. The fourth-order valence-electron chi connectivity index (χ4n) is 2.68. The maximum atomic E-state index is 12.3. The lowest BCUT2D eigenvalue weighted by molar-refractivity contribution is -0.148. The van der Waals surface area contributed by atoms with Crippen LogP contribution in [-0.4, -0.2) is 35.1 Å². The zero-order valence-electron chi connectivity index (χ0n) is 12.8. The Balaban J connectivity index is 2.05. The van der Waals surface area contributed by atoms with E-state index in [2.05, 4.69) is 5.32 Å². The Kier molecular flexibility index (Phi) is 4.21. The topological polar surface area (TPSA) is 69.6 Å². The molecule has 1 saturated heterocycles. The van der Waals surface area contributed by atoms with Crippen molar-refractivity contribution in [3.63, 3.8) is 0 Å². The Morgan fingerprint density at radius 2 is 2.05 bits per heavy atom. The minimum Gasteiger partial charge on any atom is -0.481 e. The van der Waals surface area contributed by atoms with Gasteiger partial charge in [0.05, 0.1) is 5.41 Å². The lowest BCUT2D eigenvalue weighted by Gasteiger charge is -2.23. The summed E-state index contributed by atoms with van der Waals surface area (Å²) in [6.07, 6.45) is 1.05. The van der Waals surface area contributed by atoms with Gasteiger partial charge < -0.3 is 15.3 Å². The van der Waals surface area contributed by atoms with E-state index in [1.807, 2.05) is 39.0 Å². The van der Waals surface area contributed by atoms with Gasteiger partial charge >= 0.3 is 12.0 Å². The van der Waals surface area contributed by atoms with Crippen LogP contribution in [0.1, 0.15) is 30.9 Å². The Morgan fingerprint density at radius 1 is 1.33 bits per heavy atom. The molecule has 5 nitrogen and oxygen atoms in total. The summed E-state index contributed by atoms with van der Waals surface area (Å²) in [4.78, 5) is 25.3. The van der Waals surface area contributed by atoms with Crippen molar-refractivity contribution in [3.05, 3.63) is 29.3 Å². The zero-order valence-corrected chi connectivity index (χ0v) is 12.8. The molecule has 114 valence electrons. The van der Waals surface area contributed by atoms with E-state index in [9.17, 15) is 14.7 Å². The van der Waals surface area contributed by atoms with E-state index in [0.717, 1.165) is 11.3 Å². The molecule has 0 radical (unpaired) electrons. The molecule has 1 aliphatic heterocycles. The second-order valence-electron chi connectivity index (χ2n) is 5.84. The van der Waals surface area contributed by atoms with Crippen LogP contribution in [0.15, 0.2) is 18.2 Å². The van der Waals surface area contributed by atoms with Crippen LogP contribution in [0.5, 0.6) is 0 Å². The number of hydrogen-bond acceptors (Lipinski definition) is 2. The van der Waals surface area contributed by atoms with Crippen molar-refractivity contribution in [1.82, 2.24) is 4.90 Å². The molecule has 2 amide bonds. The van der Waals surface area contributed by atoms with E-state index in [1.165, 1.54) is 5.56 Å². The number of nitrogens with zero attached hydrogens (tertiary/aromatic N) is 1. The van der Waals surface area contributed by atoms with E-state index in [0.29, 0.717) is 19.4 Å². The first-order chi connectivity index (χ1) is 9.88. The first kappa shape index (κ1) is 15.4. The highest BCUT2D eigenvalue weighted by Crippen LogP contribution is 2.34. The van der Waals surface area contributed by atoms with E-state index < -0.39 is 11.4 Å². The van der Waals surface area contributed by atoms with Crippen molar-refractivity contribution in [1.29, 1.82) is 0 Å². The number of likely N-dealkylation sites (tertiary alicyclic amines) is 1. The summed E-state index contributed by atoms with van der Waals surface area (Å²) < 4.78 is 0. The van der Waals surface area contributed by atoms with Gasteiger partial charge in [-0.25, -0.2) is 4.79 Å². The number of carboxylic acids is 1. The van der Waals surface area contributed by atoms with Gasteiger partial charge in [-0.15, -0.1) is 0 Å². The van der Waals surface area contributed by atoms with Gasteiger partial charge in [-0.2, -0.15) is 0 Å². The minimum absolute atomic E-state index is 0.227. The summed E-state index contributed by atoms with van der Waals surface area (Å²) in [5.74, 6) is -0.813. The quantitative estimate of drug-likeness (QED) is 0.899. The largest absolute Gasteiger partial charge is 0.481 e. The second-order valence-corrected chi connectivity index (χ2v) is 5.84. The van der Waals surface area contributed by atoms with Crippen molar-refractivity contribution in [2.75, 3.05) is 18.4 Å². The van der Waals surface area contributed by atoms with Gasteiger partial charge in [-0.3, -0.25) is 4.79 Å². The predicted octanol–water partition coefficient (Wildman–Crippen LogP) is 3.02. The van der Waals surface area contributed by atoms with Crippen LogP contribution in [-0.2, 0) is 4.79 Å².